The largest absolute Gasteiger partial charge is 0.481 e. The number of benzene rings is 1. The zero-order valence-corrected chi connectivity index (χ0v) is 11.5. The van der Waals surface area contributed by atoms with E-state index in [0.717, 1.165) is 37.1 Å². The van der Waals surface area contributed by atoms with Crippen molar-refractivity contribution in [3.8, 4) is 5.88 Å². The first kappa shape index (κ1) is 12.2. The van der Waals surface area contributed by atoms with Crippen LogP contribution >= 0.6 is 0 Å². The van der Waals surface area contributed by atoms with Crippen LogP contribution in [0, 0.1) is 0 Å². The molecule has 3 rings (SSSR count). The number of rotatable bonds is 2. The van der Waals surface area contributed by atoms with Gasteiger partial charge in [-0.3, -0.25) is 0 Å². The van der Waals surface area contributed by atoms with E-state index in [1.54, 1.807) is 7.11 Å². The second kappa shape index (κ2) is 5.05. The minimum Gasteiger partial charge on any atom is -0.481 e. The summed E-state index contributed by atoms with van der Waals surface area (Å²) in [5.74, 6) is 0.667. The third-order valence-electron chi connectivity index (χ3n) is 3.72. The maximum Gasteiger partial charge on any atom is 0.213 e. The van der Waals surface area contributed by atoms with E-state index in [4.69, 9.17) is 4.74 Å². The molecule has 1 aromatic heterocycles. The lowest BCUT2D eigenvalue weighted by Crippen LogP contribution is -2.44. The fourth-order valence-electron chi connectivity index (χ4n) is 2.47. The van der Waals surface area contributed by atoms with Crippen LogP contribution < -0.4 is 9.64 Å². The topological polar surface area (TPSA) is 28.6 Å². The van der Waals surface area contributed by atoms with Crippen LogP contribution in [0.3, 0.4) is 0 Å². The van der Waals surface area contributed by atoms with Crippen molar-refractivity contribution in [2.75, 3.05) is 45.2 Å². The SMILES string of the molecule is COc1ccc2cc(N3CCN(C)CC3)ccc2n1. The molecule has 4 nitrogen and oxygen atoms in total. The molecule has 0 saturated carbocycles. The number of aromatic nitrogens is 1. The molecule has 0 aliphatic carbocycles. The Morgan fingerprint density at radius 2 is 1.84 bits per heavy atom. The molecule has 2 aromatic rings. The Labute approximate surface area is 113 Å². The van der Waals surface area contributed by atoms with Gasteiger partial charge in [-0.2, -0.15) is 0 Å². The third kappa shape index (κ3) is 2.49. The molecular weight excluding hydrogens is 238 g/mol. The predicted octanol–water partition coefficient (Wildman–Crippen LogP) is 2.00. The van der Waals surface area contributed by atoms with Gasteiger partial charge in [0.1, 0.15) is 0 Å². The molecular formula is C15H19N3O. The second-order valence-corrected chi connectivity index (χ2v) is 5.02. The first-order valence-corrected chi connectivity index (χ1v) is 6.64. The first-order valence-electron chi connectivity index (χ1n) is 6.64. The zero-order chi connectivity index (χ0) is 13.2. The number of methoxy groups -OCH3 is 1. The highest BCUT2D eigenvalue weighted by molar-refractivity contribution is 5.83. The number of likely N-dealkylation sites (N-methyl/N-ethyl adjacent to an activating group) is 1. The van der Waals surface area contributed by atoms with E-state index in [1.807, 2.05) is 6.07 Å². The van der Waals surface area contributed by atoms with E-state index >= 15 is 0 Å². The van der Waals surface area contributed by atoms with Crippen molar-refractivity contribution < 1.29 is 4.74 Å². The molecule has 0 amide bonds. The predicted molar refractivity (Wildman–Crippen MR) is 78.0 cm³/mol. The summed E-state index contributed by atoms with van der Waals surface area (Å²) in [5, 5.41) is 1.16. The summed E-state index contributed by atoms with van der Waals surface area (Å²) < 4.78 is 5.15. The number of ether oxygens (including phenoxy) is 1. The maximum atomic E-state index is 5.15. The second-order valence-electron chi connectivity index (χ2n) is 5.02. The first-order chi connectivity index (χ1) is 9.26. The summed E-state index contributed by atoms with van der Waals surface area (Å²) >= 11 is 0. The average molecular weight is 257 g/mol. The lowest BCUT2D eigenvalue weighted by Gasteiger charge is -2.34. The lowest BCUT2D eigenvalue weighted by molar-refractivity contribution is 0.313. The molecule has 1 aliphatic rings. The van der Waals surface area contributed by atoms with Gasteiger partial charge in [0.25, 0.3) is 0 Å². The van der Waals surface area contributed by atoms with Crippen molar-refractivity contribution in [2.24, 2.45) is 0 Å². The van der Waals surface area contributed by atoms with Crippen LogP contribution in [0.25, 0.3) is 10.9 Å². The van der Waals surface area contributed by atoms with Crippen molar-refractivity contribution in [1.29, 1.82) is 0 Å². The Morgan fingerprint density at radius 3 is 2.58 bits per heavy atom. The lowest BCUT2D eigenvalue weighted by atomic mass is 10.1. The Morgan fingerprint density at radius 1 is 1.05 bits per heavy atom. The van der Waals surface area contributed by atoms with E-state index in [-0.39, 0.29) is 0 Å². The molecule has 0 radical (unpaired) electrons. The molecule has 4 heteroatoms. The Hall–Kier alpha value is -1.81. The summed E-state index contributed by atoms with van der Waals surface area (Å²) in [6.45, 7) is 4.43. The van der Waals surface area contributed by atoms with Gasteiger partial charge in [0.2, 0.25) is 5.88 Å². The van der Waals surface area contributed by atoms with Crippen LogP contribution in [-0.4, -0.2) is 50.2 Å². The highest BCUT2D eigenvalue weighted by Gasteiger charge is 2.14. The van der Waals surface area contributed by atoms with Gasteiger partial charge in [-0.15, -0.1) is 0 Å². The third-order valence-corrected chi connectivity index (χ3v) is 3.72. The fraction of sp³-hybridized carbons (Fsp3) is 0.400. The molecule has 0 atom stereocenters. The number of anilines is 1. The van der Waals surface area contributed by atoms with E-state index in [2.05, 4.69) is 46.1 Å². The number of hydrogen-bond donors (Lipinski definition) is 0. The summed E-state index contributed by atoms with van der Waals surface area (Å²) in [4.78, 5) is 9.24. The van der Waals surface area contributed by atoms with Gasteiger partial charge in [0.15, 0.2) is 0 Å². The highest BCUT2D eigenvalue weighted by Crippen LogP contribution is 2.23. The Kier molecular flexibility index (Phi) is 3.25. The van der Waals surface area contributed by atoms with Gasteiger partial charge in [-0.1, -0.05) is 0 Å². The van der Waals surface area contributed by atoms with Crippen molar-refractivity contribution in [3.05, 3.63) is 30.3 Å². The van der Waals surface area contributed by atoms with Gasteiger partial charge >= 0.3 is 0 Å². The van der Waals surface area contributed by atoms with Crippen molar-refractivity contribution in [3.63, 3.8) is 0 Å². The highest BCUT2D eigenvalue weighted by atomic mass is 16.5. The minimum atomic E-state index is 0.667. The van der Waals surface area contributed by atoms with E-state index in [9.17, 15) is 0 Å². The van der Waals surface area contributed by atoms with Crippen molar-refractivity contribution in [1.82, 2.24) is 9.88 Å². The molecule has 1 aliphatic heterocycles. The Balaban J connectivity index is 1.89. The van der Waals surface area contributed by atoms with Gasteiger partial charge in [-0.25, -0.2) is 4.98 Å². The van der Waals surface area contributed by atoms with Gasteiger partial charge in [0, 0.05) is 43.3 Å². The fourth-order valence-corrected chi connectivity index (χ4v) is 2.47. The molecule has 1 fully saturated rings. The van der Waals surface area contributed by atoms with Crippen LogP contribution in [0.15, 0.2) is 30.3 Å². The zero-order valence-electron chi connectivity index (χ0n) is 11.5. The molecule has 19 heavy (non-hydrogen) atoms. The summed E-state index contributed by atoms with van der Waals surface area (Å²) in [6, 6.07) is 10.4. The number of hydrogen-bond acceptors (Lipinski definition) is 4. The number of fused-ring (bicyclic) bond motifs is 1. The summed E-state index contributed by atoms with van der Waals surface area (Å²) in [6.07, 6.45) is 0. The smallest absolute Gasteiger partial charge is 0.213 e. The normalized spacial score (nSPS) is 16.8. The van der Waals surface area contributed by atoms with E-state index < -0.39 is 0 Å². The van der Waals surface area contributed by atoms with Crippen LogP contribution in [-0.2, 0) is 0 Å². The number of piperazine rings is 1. The molecule has 1 saturated heterocycles. The van der Waals surface area contributed by atoms with Crippen molar-refractivity contribution in [2.45, 2.75) is 0 Å². The molecule has 0 N–H and O–H groups in total. The molecule has 2 heterocycles. The van der Waals surface area contributed by atoms with Gasteiger partial charge < -0.3 is 14.5 Å². The quantitative estimate of drug-likeness (QED) is 0.822. The van der Waals surface area contributed by atoms with Crippen LogP contribution in [0.1, 0.15) is 0 Å². The van der Waals surface area contributed by atoms with Crippen LogP contribution in [0.4, 0.5) is 5.69 Å². The average Bonchev–Trinajstić information content (AvgIpc) is 2.47. The summed E-state index contributed by atoms with van der Waals surface area (Å²) in [5.41, 5.74) is 2.27. The van der Waals surface area contributed by atoms with E-state index in [1.165, 1.54) is 5.69 Å². The Bertz CT molecular complexity index is 577. The van der Waals surface area contributed by atoms with Crippen LogP contribution in [0.5, 0.6) is 5.88 Å². The molecule has 1 aromatic carbocycles. The number of nitrogens with zero attached hydrogens (tertiary/aromatic N) is 3. The standard InChI is InChI=1S/C15H19N3O/c1-17-7-9-18(10-8-17)13-4-5-14-12(11-13)3-6-15(16-14)19-2/h3-6,11H,7-10H2,1-2H3. The number of pyridine rings is 1. The maximum absolute atomic E-state index is 5.15. The molecule has 100 valence electrons. The molecule has 0 unspecified atom stereocenters. The van der Waals surface area contributed by atoms with Crippen molar-refractivity contribution >= 4 is 16.6 Å². The van der Waals surface area contributed by atoms with E-state index in [0.29, 0.717) is 5.88 Å². The van der Waals surface area contributed by atoms with Crippen LogP contribution in [0.2, 0.25) is 0 Å². The van der Waals surface area contributed by atoms with Gasteiger partial charge in [0.05, 0.1) is 12.6 Å². The molecule has 0 bridgehead atoms. The molecule has 0 spiro atoms. The summed E-state index contributed by atoms with van der Waals surface area (Å²) in [7, 11) is 3.82. The minimum absolute atomic E-state index is 0.667. The van der Waals surface area contributed by atoms with Gasteiger partial charge in [-0.05, 0) is 31.3 Å². The monoisotopic (exact) mass is 257 g/mol.